The van der Waals surface area contributed by atoms with Gasteiger partial charge in [0.2, 0.25) is 0 Å². The van der Waals surface area contributed by atoms with Gasteiger partial charge < -0.3 is 30.5 Å². The second kappa shape index (κ2) is 11.6. The molecule has 4 N–H and O–H groups in total. The SMILES string of the molecule is O=C(CCNC(=O)C1=NOC2(C=C(Br)C(=O)C(Br)C2O)C1)CNC(=O)C1=NOC2(C=C(Br)C(=O)C(Br)C2O)C1. The van der Waals surface area contributed by atoms with Gasteiger partial charge in [-0.2, -0.15) is 0 Å². The predicted octanol–water partition coefficient (Wildman–Crippen LogP) is 0.180. The number of oxime groups is 2. The lowest BCUT2D eigenvalue weighted by Crippen LogP contribution is -2.52. The van der Waals surface area contributed by atoms with Crippen LogP contribution in [0.4, 0.5) is 0 Å². The number of allylic oxidation sites excluding steroid dienone is 2. The zero-order valence-electron chi connectivity index (χ0n) is 19.7. The Morgan fingerprint density at radius 1 is 0.872 bits per heavy atom. The molecule has 6 unspecified atom stereocenters. The summed E-state index contributed by atoms with van der Waals surface area (Å²) >= 11 is 12.5. The fourth-order valence-electron chi connectivity index (χ4n) is 4.22. The summed E-state index contributed by atoms with van der Waals surface area (Å²) in [5.74, 6) is -2.42. The van der Waals surface area contributed by atoms with Crippen molar-refractivity contribution in [2.24, 2.45) is 10.3 Å². The number of alkyl halides is 2. The van der Waals surface area contributed by atoms with Crippen LogP contribution in [0.3, 0.4) is 0 Å². The van der Waals surface area contributed by atoms with Crippen molar-refractivity contribution in [3.63, 3.8) is 0 Å². The molecule has 2 heterocycles. The number of nitrogens with one attached hydrogen (secondary N) is 2. The number of amides is 2. The molecule has 13 nitrogen and oxygen atoms in total. The van der Waals surface area contributed by atoms with Gasteiger partial charge in [0, 0.05) is 25.8 Å². The summed E-state index contributed by atoms with van der Waals surface area (Å²) in [5, 5.41) is 33.4. The quantitative estimate of drug-likeness (QED) is 0.260. The van der Waals surface area contributed by atoms with Gasteiger partial charge in [0.1, 0.15) is 33.3 Å². The number of aliphatic hydroxyl groups is 2. The predicted molar refractivity (Wildman–Crippen MR) is 149 cm³/mol. The first-order valence-electron chi connectivity index (χ1n) is 11.4. The molecule has 2 amide bonds. The molecule has 6 atom stereocenters. The number of ketones is 3. The third-order valence-electron chi connectivity index (χ3n) is 6.47. The lowest BCUT2D eigenvalue weighted by Gasteiger charge is -2.34. The first-order chi connectivity index (χ1) is 18.3. The van der Waals surface area contributed by atoms with E-state index in [0.717, 1.165) is 0 Å². The first-order valence-corrected chi connectivity index (χ1v) is 14.8. The van der Waals surface area contributed by atoms with Crippen molar-refractivity contribution in [3.8, 4) is 0 Å². The van der Waals surface area contributed by atoms with Gasteiger partial charge in [-0.05, 0) is 44.0 Å². The number of hydrogen-bond donors (Lipinski definition) is 4. The van der Waals surface area contributed by atoms with Gasteiger partial charge >= 0.3 is 0 Å². The molecular weight excluding hydrogens is 784 g/mol. The zero-order chi connectivity index (χ0) is 28.7. The Morgan fingerprint density at radius 3 is 1.77 bits per heavy atom. The minimum atomic E-state index is -1.41. The summed E-state index contributed by atoms with van der Waals surface area (Å²) in [6.07, 6.45) is -0.160. The highest BCUT2D eigenvalue weighted by Gasteiger charge is 2.54. The highest BCUT2D eigenvalue weighted by atomic mass is 79.9. The Kier molecular flexibility index (Phi) is 8.97. The van der Waals surface area contributed by atoms with Gasteiger partial charge in [-0.25, -0.2) is 0 Å². The molecule has 0 bridgehead atoms. The van der Waals surface area contributed by atoms with E-state index >= 15 is 0 Å². The first kappa shape index (κ1) is 30.2. The maximum atomic E-state index is 12.5. The highest BCUT2D eigenvalue weighted by molar-refractivity contribution is 9.12. The molecule has 0 aromatic heterocycles. The second-order valence-corrected chi connectivity index (χ2v) is 12.8. The largest absolute Gasteiger partial charge is 0.387 e. The molecule has 0 fully saturated rings. The molecule has 4 rings (SSSR count). The van der Waals surface area contributed by atoms with Crippen molar-refractivity contribution in [1.82, 2.24) is 10.6 Å². The van der Waals surface area contributed by atoms with Crippen LogP contribution in [0.1, 0.15) is 19.3 Å². The van der Waals surface area contributed by atoms with Crippen molar-refractivity contribution in [2.45, 2.75) is 52.3 Å². The minimum absolute atomic E-state index is 0.0217. The van der Waals surface area contributed by atoms with E-state index in [1.165, 1.54) is 12.2 Å². The number of nitrogens with zero attached hydrogens (tertiary/aromatic N) is 2. The number of rotatable bonds is 7. The zero-order valence-corrected chi connectivity index (χ0v) is 26.0. The van der Waals surface area contributed by atoms with Crippen molar-refractivity contribution < 1.29 is 43.9 Å². The molecule has 210 valence electrons. The van der Waals surface area contributed by atoms with Gasteiger partial charge in [0.15, 0.2) is 28.6 Å². The number of hydrogen-bond acceptors (Lipinski definition) is 11. The molecule has 2 aliphatic carbocycles. The van der Waals surface area contributed by atoms with E-state index in [4.69, 9.17) is 9.68 Å². The van der Waals surface area contributed by atoms with Gasteiger partial charge in [-0.15, -0.1) is 0 Å². The molecule has 0 saturated carbocycles. The van der Waals surface area contributed by atoms with Gasteiger partial charge in [0.25, 0.3) is 11.8 Å². The third-order valence-corrected chi connectivity index (χ3v) is 9.54. The molecule has 17 heteroatoms. The van der Waals surface area contributed by atoms with Crippen LogP contribution in [0.25, 0.3) is 0 Å². The van der Waals surface area contributed by atoms with Crippen LogP contribution in [0, 0.1) is 0 Å². The van der Waals surface area contributed by atoms with Gasteiger partial charge in [-0.3, -0.25) is 24.0 Å². The Morgan fingerprint density at radius 2 is 1.31 bits per heavy atom. The van der Waals surface area contributed by atoms with Gasteiger partial charge in [0.05, 0.1) is 15.5 Å². The second-order valence-electron chi connectivity index (χ2n) is 9.16. The summed E-state index contributed by atoms with van der Waals surface area (Å²) in [5.41, 5.74) is -2.88. The number of Topliss-reactive ketones (excluding diaryl/α,β-unsaturated/α-hetero) is 3. The normalized spacial score (nSPS) is 33.6. The summed E-state index contributed by atoms with van der Waals surface area (Å²) in [6.45, 7) is -0.402. The Hall–Kier alpha value is -1.79. The van der Waals surface area contributed by atoms with Crippen LogP contribution in [-0.4, -0.2) is 97.0 Å². The van der Waals surface area contributed by atoms with Crippen LogP contribution in [0.5, 0.6) is 0 Å². The van der Waals surface area contributed by atoms with Crippen molar-refractivity contribution in [3.05, 3.63) is 21.1 Å². The van der Waals surface area contributed by atoms with Crippen molar-refractivity contribution in [1.29, 1.82) is 0 Å². The summed E-state index contributed by atoms with van der Waals surface area (Å²) in [7, 11) is 0. The van der Waals surface area contributed by atoms with Crippen LogP contribution < -0.4 is 10.6 Å². The fraction of sp³-hybridized carbons (Fsp3) is 0.500. The summed E-state index contributed by atoms with van der Waals surface area (Å²) in [4.78, 5) is 70.0. The van der Waals surface area contributed by atoms with Crippen LogP contribution in [-0.2, 0) is 33.6 Å². The third kappa shape index (κ3) is 5.84. The van der Waals surface area contributed by atoms with Gasteiger partial charge in [-0.1, -0.05) is 42.2 Å². The average Bonchev–Trinajstić information content (AvgIpc) is 3.53. The number of carbonyl (C=O) groups excluding carboxylic acids is 5. The average molecular weight is 804 g/mol. The Labute approximate surface area is 254 Å². The van der Waals surface area contributed by atoms with Crippen LogP contribution in [0.2, 0.25) is 0 Å². The molecule has 2 spiro atoms. The Balaban J connectivity index is 1.21. The van der Waals surface area contributed by atoms with Crippen LogP contribution in [0.15, 0.2) is 31.4 Å². The van der Waals surface area contributed by atoms with E-state index in [0.29, 0.717) is 0 Å². The lowest BCUT2D eigenvalue weighted by molar-refractivity contribution is -0.125. The molecule has 2 aliphatic heterocycles. The minimum Gasteiger partial charge on any atom is -0.387 e. The molecule has 0 saturated heterocycles. The molecule has 0 aromatic carbocycles. The number of halogens is 4. The molecular formula is C22H20Br4N4O9. The highest BCUT2D eigenvalue weighted by Crippen LogP contribution is 2.41. The van der Waals surface area contributed by atoms with E-state index in [2.05, 4.69) is 84.7 Å². The van der Waals surface area contributed by atoms with E-state index in [1.54, 1.807) is 0 Å². The monoisotopic (exact) mass is 800 g/mol. The molecule has 0 aromatic rings. The standard InChI is InChI=1S/C22H20Br4N4O9/c23-9-3-21(17(34)13(25)15(9)32)5-11(29-38-21)19(36)27-2-1-8(31)7-28-20(37)12-6-22(39-30-12)4-10(24)16(33)14(26)18(22)35/h3-4,13-14,17-18,34-35H,1-2,5-7H2,(H,27,36)(H,28,37). The van der Waals surface area contributed by atoms with E-state index < -0.39 is 44.9 Å². The molecule has 4 aliphatic rings. The topological polar surface area (TPSA) is 193 Å². The maximum absolute atomic E-state index is 12.5. The smallest absolute Gasteiger partial charge is 0.269 e. The summed E-state index contributed by atoms with van der Waals surface area (Å²) < 4.78 is 0.363. The van der Waals surface area contributed by atoms with E-state index in [9.17, 15) is 34.2 Å². The number of aliphatic hydroxyl groups excluding tert-OH is 2. The summed E-state index contributed by atoms with van der Waals surface area (Å²) in [6, 6.07) is 0. The Bertz CT molecular complexity index is 1270. The lowest BCUT2D eigenvalue weighted by atomic mass is 9.83. The maximum Gasteiger partial charge on any atom is 0.269 e. The fourth-order valence-corrected chi connectivity index (χ4v) is 7.49. The number of carbonyl (C=O) groups is 5. The van der Waals surface area contributed by atoms with E-state index in [1.807, 2.05) is 0 Å². The van der Waals surface area contributed by atoms with Crippen LogP contribution >= 0.6 is 63.7 Å². The van der Waals surface area contributed by atoms with Crippen molar-refractivity contribution >= 4 is 104 Å². The molecule has 39 heavy (non-hydrogen) atoms. The van der Waals surface area contributed by atoms with Crippen molar-refractivity contribution in [2.75, 3.05) is 13.1 Å². The molecule has 0 radical (unpaired) electrons. The van der Waals surface area contributed by atoms with E-state index in [-0.39, 0.29) is 70.1 Å².